The van der Waals surface area contributed by atoms with Gasteiger partial charge in [0, 0.05) is 32.7 Å². The molecule has 0 aliphatic carbocycles. The molecule has 1 aliphatic heterocycles. The van der Waals surface area contributed by atoms with E-state index in [4.69, 9.17) is 4.74 Å². The van der Waals surface area contributed by atoms with E-state index in [1.165, 1.54) is 0 Å². The predicted molar refractivity (Wildman–Crippen MR) is 93.3 cm³/mol. The first kappa shape index (κ1) is 18.1. The van der Waals surface area contributed by atoms with Gasteiger partial charge in [-0.05, 0) is 18.6 Å². The Kier molecular flexibility index (Phi) is 6.87. The molecule has 1 aromatic rings. The highest BCUT2D eigenvalue weighted by Crippen LogP contribution is 2.23. The maximum absolute atomic E-state index is 12.4. The van der Waals surface area contributed by atoms with Gasteiger partial charge in [-0.1, -0.05) is 19.1 Å². The molecule has 1 aromatic carbocycles. The van der Waals surface area contributed by atoms with Crippen molar-refractivity contribution in [1.29, 1.82) is 0 Å². The Balaban J connectivity index is 1.79. The quantitative estimate of drug-likeness (QED) is 0.824. The van der Waals surface area contributed by atoms with Gasteiger partial charge in [-0.3, -0.25) is 9.69 Å². The first-order valence-corrected chi connectivity index (χ1v) is 8.32. The van der Waals surface area contributed by atoms with Crippen LogP contribution in [0.5, 0.6) is 5.75 Å². The van der Waals surface area contributed by atoms with Crippen LogP contribution in [-0.4, -0.2) is 68.1 Å². The number of ether oxygens (including phenoxy) is 1. The van der Waals surface area contributed by atoms with Gasteiger partial charge in [0.15, 0.2) is 0 Å². The van der Waals surface area contributed by atoms with Crippen molar-refractivity contribution in [3.05, 3.63) is 24.3 Å². The molecule has 1 fully saturated rings. The van der Waals surface area contributed by atoms with Crippen LogP contribution in [0.25, 0.3) is 0 Å². The maximum Gasteiger partial charge on any atom is 0.322 e. The Hall–Kier alpha value is -2.28. The molecule has 2 N–H and O–H groups in total. The number of hydrogen-bond donors (Lipinski definition) is 2. The van der Waals surface area contributed by atoms with E-state index in [1.807, 2.05) is 31.2 Å². The molecule has 0 radical (unpaired) electrons. The maximum atomic E-state index is 12.4. The van der Waals surface area contributed by atoms with E-state index in [-0.39, 0.29) is 11.9 Å². The van der Waals surface area contributed by atoms with Crippen molar-refractivity contribution in [3.8, 4) is 5.75 Å². The van der Waals surface area contributed by atoms with E-state index in [1.54, 1.807) is 12.0 Å². The molecule has 0 spiro atoms. The topological polar surface area (TPSA) is 73.9 Å². The molecule has 0 saturated carbocycles. The zero-order valence-electron chi connectivity index (χ0n) is 14.4. The zero-order chi connectivity index (χ0) is 17.4. The summed E-state index contributed by atoms with van der Waals surface area (Å²) in [6.07, 6.45) is 0.933. The number of hydrogen-bond acceptors (Lipinski definition) is 4. The van der Waals surface area contributed by atoms with Crippen LogP contribution in [0.3, 0.4) is 0 Å². The Labute approximate surface area is 142 Å². The number of urea groups is 1. The molecule has 0 unspecified atom stereocenters. The summed E-state index contributed by atoms with van der Waals surface area (Å²) >= 11 is 0. The van der Waals surface area contributed by atoms with Gasteiger partial charge in [-0.25, -0.2) is 4.79 Å². The SMILES string of the molecule is CCCNC(=O)CN1CCN(C(=O)Nc2ccccc2OC)CC1. The summed E-state index contributed by atoms with van der Waals surface area (Å²) in [5, 5.41) is 5.75. The molecule has 7 heteroatoms. The van der Waals surface area contributed by atoms with Crippen molar-refractivity contribution in [2.75, 3.05) is 51.7 Å². The summed E-state index contributed by atoms with van der Waals surface area (Å²) in [7, 11) is 1.58. The van der Waals surface area contributed by atoms with Crippen LogP contribution in [0.15, 0.2) is 24.3 Å². The third-order valence-corrected chi connectivity index (χ3v) is 3.95. The van der Waals surface area contributed by atoms with Crippen molar-refractivity contribution in [1.82, 2.24) is 15.1 Å². The molecule has 3 amide bonds. The van der Waals surface area contributed by atoms with Crippen molar-refractivity contribution in [2.45, 2.75) is 13.3 Å². The van der Waals surface area contributed by atoms with E-state index in [0.717, 1.165) is 6.42 Å². The Morgan fingerprint density at radius 2 is 1.88 bits per heavy atom. The van der Waals surface area contributed by atoms with Crippen molar-refractivity contribution in [2.24, 2.45) is 0 Å². The monoisotopic (exact) mass is 334 g/mol. The van der Waals surface area contributed by atoms with Crippen LogP contribution in [-0.2, 0) is 4.79 Å². The molecule has 24 heavy (non-hydrogen) atoms. The Morgan fingerprint density at radius 3 is 2.54 bits per heavy atom. The molecule has 7 nitrogen and oxygen atoms in total. The van der Waals surface area contributed by atoms with Gasteiger partial charge in [-0.2, -0.15) is 0 Å². The molecular weight excluding hydrogens is 308 g/mol. The van der Waals surface area contributed by atoms with E-state index >= 15 is 0 Å². The number of anilines is 1. The average Bonchev–Trinajstić information content (AvgIpc) is 2.61. The smallest absolute Gasteiger partial charge is 0.322 e. The van der Waals surface area contributed by atoms with Crippen molar-refractivity contribution in [3.63, 3.8) is 0 Å². The summed E-state index contributed by atoms with van der Waals surface area (Å²) in [4.78, 5) is 27.9. The van der Waals surface area contributed by atoms with Gasteiger partial charge in [0.1, 0.15) is 5.75 Å². The molecule has 2 rings (SSSR count). The lowest BCUT2D eigenvalue weighted by Crippen LogP contribution is -2.52. The lowest BCUT2D eigenvalue weighted by atomic mass is 10.3. The second kappa shape index (κ2) is 9.12. The molecule has 0 bridgehead atoms. The fourth-order valence-corrected chi connectivity index (χ4v) is 2.57. The predicted octanol–water partition coefficient (Wildman–Crippen LogP) is 1.37. The number of carbonyl (C=O) groups excluding carboxylic acids is 2. The van der Waals surface area contributed by atoms with Crippen LogP contribution in [0.4, 0.5) is 10.5 Å². The highest BCUT2D eigenvalue weighted by Gasteiger charge is 2.22. The molecule has 1 saturated heterocycles. The van der Waals surface area contributed by atoms with E-state index in [9.17, 15) is 9.59 Å². The summed E-state index contributed by atoms with van der Waals surface area (Å²) < 4.78 is 5.24. The van der Waals surface area contributed by atoms with Gasteiger partial charge in [-0.15, -0.1) is 0 Å². The number of piperazine rings is 1. The third kappa shape index (κ3) is 5.13. The minimum Gasteiger partial charge on any atom is -0.495 e. The zero-order valence-corrected chi connectivity index (χ0v) is 14.4. The minimum atomic E-state index is -0.144. The molecule has 132 valence electrons. The standard InChI is InChI=1S/C17H26N4O3/c1-3-8-18-16(22)13-20-9-11-21(12-10-20)17(23)19-14-6-4-5-7-15(14)24-2/h4-7H,3,8-13H2,1-2H3,(H,18,22)(H,19,23). The highest BCUT2D eigenvalue weighted by atomic mass is 16.5. The first-order valence-electron chi connectivity index (χ1n) is 8.32. The fraction of sp³-hybridized carbons (Fsp3) is 0.529. The molecule has 0 aromatic heterocycles. The van der Waals surface area contributed by atoms with Gasteiger partial charge >= 0.3 is 6.03 Å². The van der Waals surface area contributed by atoms with Gasteiger partial charge in [0.2, 0.25) is 5.91 Å². The van der Waals surface area contributed by atoms with Crippen LogP contribution in [0.1, 0.15) is 13.3 Å². The molecule has 1 aliphatic rings. The highest BCUT2D eigenvalue weighted by molar-refractivity contribution is 5.91. The summed E-state index contributed by atoms with van der Waals surface area (Å²) in [6.45, 7) is 5.71. The second-order valence-corrected chi connectivity index (χ2v) is 5.74. The number of methoxy groups -OCH3 is 1. The lowest BCUT2D eigenvalue weighted by molar-refractivity contribution is -0.122. The summed E-state index contributed by atoms with van der Waals surface area (Å²) in [6, 6.07) is 7.18. The van der Waals surface area contributed by atoms with E-state index in [2.05, 4.69) is 15.5 Å². The number of carbonyl (C=O) groups is 2. The van der Waals surface area contributed by atoms with E-state index < -0.39 is 0 Å². The van der Waals surface area contributed by atoms with Crippen molar-refractivity contribution < 1.29 is 14.3 Å². The molecule has 1 heterocycles. The van der Waals surface area contributed by atoms with Crippen LogP contribution < -0.4 is 15.4 Å². The third-order valence-electron chi connectivity index (χ3n) is 3.95. The van der Waals surface area contributed by atoms with Crippen LogP contribution >= 0.6 is 0 Å². The number of nitrogens with zero attached hydrogens (tertiary/aromatic N) is 2. The number of nitrogens with one attached hydrogen (secondary N) is 2. The Bertz CT molecular complexity index is 557. The second-order valence-electron chi connectivity index (χ2n) is 5.74. The normalized spacial score (nSPS) is 15.0. The van der Waals surface area contributed by atoms with Gasteiger partial charge in [0.25, 0.3) is 0 Å². The number of benzene rings is 1. The average molecular weight is 334 g/mol. The largest absolute Gasteiger partial charge is 0.495 e. The number of para-hydroxylation sites is 2. The van der Waals surface area contributed by atoms with E-state index in [0.29, 0.717) is 50.7 Å². The minimum absolute atomic E-state index is 0.0452. The summed E-state index contributed by atoms with van der Waals surface area (Å²) in [5.41, 5.74) is 0.659. The molecule has 0 atom stereocenters. The van der Waals surface area contributed by atoms with Crippen molar-refractivity contribution >= 4 is 17.6 Å². The fourth-order valence-electron chi connectivity index (χ4n) is 2.57. The Morgan fingerprint density at radius 1 is 1.17 bits per heavy atom. The number of rotatable bonds is 6. The van der Waals surface area contributed by atoms with Crippen LogP contribution in [0.2, 0.25) is 0 Å². The molecular formula is C17H26N4O3. The van der Waals surface area contributed by atoms with Gasteiger partial charge < -0.3 is 20.3 Å². The first-order chi connectivity index (χ1) is 11.6. The summed E-state index contributed by atoms with van der Waals surface area (Å²) in [5.74, 6) is 0.681. The lowest BCUT2D eigenvalue weighted by Gasteiger charge is -2.34. The number of amides is 3. The van der Waals surface area contributed by atoms with Crippen LogP contribution in [0, 0.1) is 0 Å². The van der Waals surface area contributed by atoms with Gasteiger partial charge in [0.05, 0.1) is 19.3 Å².